The summed E-state index contributed by atoms with van der Waals surface area (Å²) in [6.07, 6.45) is 3.18. The molecule has 2 atom stereocenters. The monoisotopic (exact) mass is 197 g/mol. The number of nitrogens with zero attached hydrogens (tertiary/aromatic N) is 1. The van der Waals surface area contributed by atoms with Crippen LogP contribution in [0.25, 0.3) is 0 Å². The summed E-state index contributed by atoms with van der Waals surface area (Å²) in [5.74, 6) is 0. The molecule has 0 radical (unpaired) electrons. The quantitative estimate of drug-likeness (QED) is 0.679. The second-order valence-corrected chi connectivity index (χ2v) is 4.58. The summed E-state index contributed by atoms with van der Waals surface area (Å²) in [5.41, 5.74) is 1.25. The number of hydrogen-bond acceptors (Lipinski definition) is 3. The first-order chi connectivity index (χ1) is 6.72. The van der Waals surface area contributed by atoms with Crippen molar-refractivity contribution in [2.75, 3.05) is 26.9 Å². The van der Waals surface area contributed by atoms with Crippen LogP contribution in [0.4, 0.5) is 0 Å². The number of fused-ring (bicyclic) bond motifs is 1. The number of hydrogen-bond donors (Lipinski definition) is 1. The molecule has 0 amide bonds. The second kappa shape index (κ2) is 3.65. The molecule has 0 bridgehead atoms. The van der Waals surface area contributed by atoms with E-state index in [4.69, 9.17) is 4.74 Å². The molecular weight excluding hydrogens is 178 g/mol. The van der Waals surface area contributed by atoms with E-state index in [1.807, 2.05) is 0 Å². The van der Waals surface area contributed by atoms with Crippen LogP contribution in [0.15, 0.2) is 12.2 Å². The van der Waals surface area contributed by atoms with Crippen molar-refractivity contribution >= 4 is 0 Å². The summed E-state index contributed by atoms with van der Waals surface area (Å²) in [6, 6.07) is 0.478. The first-order valence-electron chi connectivity index (χ1n) is 5.25. The molecule has 0 aromatic carbocycles. The fourth-order valence-electron chi connectivity index (χ4n) is 2.96. The zero-order chi connectivity index (χ0) is 10.2. The highest BCUT2D eigenvalue weighted by atomic mass is 16.5. The highest BCUT2D eigenvalue weighted by molar-refractivity contribution is 5.19. The predicted octanol–water partition coefficient (Wildman–Crippen LogP) is 0.788. The van der Waals surface area contributed by atoms with E-state index >= 15 is 0 Å². The number of aliphatic hydroxyl groups excluding tert-OH is 1. The van der Waals surface area contributed by atoms with Crippen molar-refractivity contribution in [1.82, 2.24) is 4.90 Å². The molecule has 80 valence electrons. The van der Waals surface area contributed by atoms with Crippen molar-refractivity contribution in [2.24, 2.45) is 0 Å². The Morgan fingerprint density at radius 2 is 2.50 bits per heavy atom. The van der Waals surface area contributed by atoms with Gasteiger partial charge in [0.2, 0.25) is 0 Å². The van der Waals surface area contributed by atoms with Crippen LogP contribution in [-0.2, 0) is 4.74 Å². The van der Waals surface area contributed by atoms with Gasteiger partial charge in [-0.05, 0) is 19.3 Å². The highest BCUT2D eigenvalue weighted by Crippen LogP contribution is 2.43. The molecular formula is C11H19NO2. The molecule has 2 heterocycles. The lowest BCUT2D eigenvalue weighted by Crippen LogP contribution is -2.46. The Hall–Kier alpha value is -0.380. The van der Waals surface area contributed by atoms with Crippen molar-refractivity contribution in [2.45, 2.75) is 30.8 Å². The van der Waals surface area contributed by atoms with E-state index in [1.165, 1.54) is 5.57 Å². The Bertz CT molecular complexity index is 241. The number of rotatable bonds is 3. The second-order valence-electron chi connectivity index (χ2n) is 4.58. The summed E-state index contributed by atoms with van der Waals surface area (Å²) in [7, 11) is 1.74. The zero-order valence-corrected chi connectivity index (χ0v) is 8.83. The molecule has 2 fully saturated rings. The van der Waals surface area contributed by atoms with E-state index in [-0.39, 0.29) is 12.1 Å². The van der Waals surface area contributed by atoms with Gasteiger partial charge >= 0.3 is 0 Å². The molecule has 0 saturated carbocycles. The number of aliphatic hydroxyl groups is 1. The van der Waals surface area contributed by atoms with Gasteiger partial charge in [0.25, 0.3) is 0 Å². The van der Waals surface area contributed by atoms with Crippen LogP contribution in [0.1, 0.15) is 19.3 Å². The normalized spacial score (nSPS) is 37.9. The molecule has 2 saturated heterocycles. The van der Waals surface area contributed by atoms with E-state index in [0.29, 0.717) is 6.04 Å². The molecule has 0 aromatic heterocycles. The molecule has 0 spiro atoms. The van der Waals surface area contributed by atoms with Crippen LogP contribution in [0, 0.1) is 0 Å². The molecule has 2 rings (SSSR count). The van der Waals surface area contributed by atoms with Gasteiger partial charge in [-0.3, -0.25) is 4.90 Å². The lowest BCUT2D eigenvalue weighted by Gasteiger charge is -2.32. The van der Waals surface area contributed by atoms with Crippen molar-refractivity contribution in [1.29, 1.82) is 0 Å². The smallest absolute Gasteiger partial charge is 0.0618 e. The standard InChI is InChI=1S/C11H19NO2/c1-9-5-11(8-13)4-3-10(7-14-2)12(11)6-9/h10,13H,1,3-8H2,2H3/t10?,11-/m0/s1. The van der Waals surface area contributed by atoms with E-state index in [9.17, 15) is 5.11 Å². The van der Waals surface area contributed by atoms with Crippen molar-refractivity contribution in [3.63, 3.8) is 0 Å². The van der Waals surface area contributed by atoms with Gasteiger partial charge in [-0.25, -0.2) is 0 Å². The van der Waals surface area contributed by atoms with E-state index in [2.05, 4.69) is 11.5 Å². The van der Waals surface area contributed by atoms with Crippen LogP contribution in [-0.4, -0.2) is 48.5 Å². The Kier molecular flexibility index (Phi) is 2.64. The lowest BCUT2D eigenvalue weighted by atomic mass is 9.94. The van der Waals surface area contributed by atoms with Gasteiger partial charge in [0.15, 0.2) is 0 Å². The minimum absolute atomic E-state index is 0.000278. The average Bonchev–Trinajstić information content (AvgIpc) is 2.64. The molecule has 0 aromatic rings. The van der Waals surface area contributed by atoms with Crippen molar-refractivity contribution in [3.05, 3.63) is 12.2 Å². The fourth-order valence-corrected chi connectivity index (χ4v) is 2.96. The third kappa shape index (κ3) is 1.40. The number of ether oxygens (including phenoxy) is 1. The lowest BCUT2D eigenvalue weighted by molar-refractivity contribution is 0.0477. The largest absolute Gasteiger partial charge is 0.394 e. The Labute approximate surface area is 85.4 Å². The van der Waals surface area contributed by atoms with Crippen molar-refractivity contribution in [3.8, 4) is 0 Å². The maximum absolute atomic E-state index is 9.51. The van der Waals surface area contributed by atoms with Gasteiger partial charge in [-0.2, -0.15) is 0 Å². The molecule has 2 aliphatic heterocycles. The average molecular weight is 197 g/mol. The van der Waals surface area contributed by atoms with Gasteiger partial charge in [0.05, 0.1) is 13.2 Å². The van der Waals surface area contributed by atoms with E-state index < -0.39 is 0 Å². The Morgan fingerprint density at radius 1 is 1.71 bits per heavy atom. The number of methoxy groups -OCH3 is 1. The van der Waals surface area contributed by atoms with Crippen LogP contribution in [0.2, 0.25) is 0 Å². The molecule has 14 heavy (non-hydrogen) atoms. The molecule has 3 heteroatoms. The maximum Gasteiger partial charge on any atom is 0.0618 e. The first kappa shape index (κ1) is 10.1. The molecule has 1 unspecified atom stereocenters. The summed E-state index contributed by atoms with van der Waals surface area (Å²) in [5, 5.41) is 9.51. The Balaban J connectivity index is 2.13. The molecule has 3 nitrogen and oxygen atoms in total. The van der Waals surface area contributed by atoms with E-state index in [0.717, 1.165) is 32.4 Å². The molecule has 1 N–H and O–H groups in total. The van der Waals surface area contributed by atoms with Crippen LogP contribution in [0.3, 0.4) is 0 Å². The topological polar surface area (TPSA) is 32.7 Å². The first-order valence-corrected chi connectivity index (χ1v) is 5.25. The van der Waals surface area contributed by atoms with Crippen LogP contribution >= 0.6 is 0 Å². The fraction of sp³-hybridized carbons (Fsp3) is 0.818. The molecule has 2 aliphatic rings. The SMILES string of the molecule is C=C1CN2C(COC)CC[C@@]2(CO)C1. The summed E-state index contributed by atoms with van der Waals surface area (Å²) < 4.78 is 5.21. The molecule has 0 aliphatic carbocycles. The Morgan fingerprint density at radius 3 is 3.14 bits per heavy atom. The van der Waals surface area contributed by atoms with E-state index in [1.54, 1.807) is 7.11 Å². The van der Waals surface area contributed by atoms with Gasteiger partial charge in [0.1, 0.15) is 0 Å². The summed E-state index contributed by atoms with van der Waals surface area (Å²) in [6.45, 7) is 6.00. The summed E-state index contributed by atoms with van der Waals surface area (Å²) in [4.78, 5) is 2.39. The van der Waals surface area contributed by atoms with Crippen molar-refractivity contribution < 1.29 is 9.84 Å². The predicted molar refractivity (Wildman–Crippen MR) is 55.2 cm³/mol. The summed E-state index contributed by atoms with van der Waals surface area (Å²) >= 11 is 0. The third-order valence-electron chi connectivity index (χ3n) is 3.62. The minimum Gasteiger partial charge on any atom is -0.394 e. The van der Waals surface area contributed by atoms with Gasteiger partial charge in [0, 0.05) is 25.2 Å². The maximum atomic E-state index is 9.51. The van der Waals surface area contributed by atoms with Crippen LogP contribution < -0.4 is 0 Å². The third-order valence-corrected chi connectivity index (χ3v) is 3.62. The highest BCUT2D eigenvalue weighted by Gasteiger charge is 2.49. The van der Waals surface area contributed by atoms with Gasteiger partial charge < -0.3 is 9.84 Å². The zero-order valence-electron chi connectivity index (χ0n) is 8.83. The van der Waals surface area contributed by atoms with Crippen LogP contribution in [0.5, 0.6) is 0 Å². The minimum atomic E-state index is 0.000278. The van der Waals surface area contributed by atoms with Gasteiger partial charge in [-0.1, -0.05) is 12.2 Å². The van der Waals surface area contributed by atoms with Gasteiger partial charge in [-0.15, -0.1) is 0 Å².